The molecule has 32 heavy (non-hydrogen) atoms. The lowest BCUT2D eigenvalue weighted by molar-refractivity contribution is -0.380. The van der Waals surface area contributed by atoms with Crippen LogP contribution in [0.2, 0.25) is 0 Å². The summed E-state index contributed by atoms with van der Waals surface area (Å²) in [5.41, 5.74) is 2.44. The fraction of sp³-hybridized carbons (Fsp3) is 0.318. The molecule has 0 radical (unpaired) electrons. The molecule has 1 aromatic carbocycles. The van der Waals surface area contributed by atoms with Crippen molar-refractivity contribution >= 4 is 44.6 Å². The molecule has 4 rings (SSSR count). The molecule has 1 fully saturated rings. The number of thiazole rings is 1. The van der Waals surface area contributed by atoms with Crippen LogP contribution in [-0.4, -0.2) is 27.8 Å². The fourth-order valence-corrected chi connectivity index (χ4v) is 4.64. The van der Waals surface area contributed by atoms with Crippen LogP contribution in [0, 0.1) is 10.1 Å². The van der Waals surface area contributed by atoms with E-state index in [1.807, 2.05) is 24.3 Å². The summed E-state index contributed by atoms with van der Waals surface area (Å²) in [5, 5.41) is 16.7. The van der Waals surface area contributed by atoms with Crippen molar-refractivity contribution in [3.63, 3.8) is 0 Å². The maximum Gasteiger partial charge on any atom is 0.324 e. The van der Waals surface area contributed by atoms with Gasteiger partial charge in [0.05, 0.1) is 15.5 Å². The summed E-state index contributed by atoms with van der Waals surface area (Å²) in [7, 11) is 0. The van der Waals surface area contributed by atoms with Gasteiger partial charge in [0.2, 0.25) is 0 Å². The number of hydrogen-bond acceptors (Lipinski definition) is 7. The van der Waals surface area contributed by atoms with Crippen molar-refractivity contribution in [1.29, 1.82) is 0 Å². The second-order valence-corrected chi connectivity index (χ2v) is 10.7. The Morgan fingerprint density at radius 1 is 1.06 bits per heavy atom. The number of hydrogen-bond donors (Lipinski definition) is 2. The van der Waals surface area contributed by atoms with Crippen molar-refractivity contribution in [3.8, 4) is 11.3 Å². The summed E-state index contributed by atoms with van der Waals surface area (Å²) in [6.45, 7) is 6.38. The van der Waals surface area contributed by atoms with Gasteiger partial charge in [0.25, 0.3) is 11.8 Å². The van der Waals surface area contributed by atoms with Crippen LogP contribution in [0.15, 0.2) is 36.4 Å². The molecule has 1 aliphatic carbocycles. The van der Waals surface area contributed by atoms with E-state index in [-0.39, 0.29) is 32.4 Å². The molecule has 0 atom stereocenters. The maximum atomic E-state index is 12.8. The number of anilines is 1. The van der Waals surface area contributed by atoms with Crippen molar-refractivity contribution in [2.75, 3.05) is 5.32 Å². The van der Waals surface area contributed by atoms with Crippen molar-refractivity contribution in [2.24, 2.45) is 0 Å². The molecular formula is C22H22N4O4S2. The van der Waals surface area contributed by atoms with Gasteiger partial charge in [0.1, 0.15) is 4.88 Å². The van der Waals surface area contributed by atoms with Crippen molar-refractivity contribution in [1.82, 2.24) is 10.3 Å². The molecule has 2 heterocycles. The zero-order valence-electron chi connectivity index (χ0n) is 17.8. The van der Waals surface area contributed by atoms with E-state index in [9.17, 15) is 19.7 Å². The average molecular weight is 471 g/mol. The molecule has 2 N–H and O–H groups in total. The average Bonchev–Trinajstić information content (AvgIpc) is 3.24. The van der Waals surface area contributed by atoms with Crippen molar-refractivity contribution in [3.05, 3.63) is 61.8 Å². The molecule has 166 valence electrons. The second kappa shape index (κ2) is 8.44. The van der Waals surface area contributed by atoms with Gasteiger partial charge in [-0.2, -0.15) is 0 Å². The third kappa shape index (κ3) is 4.86. The Kier molecular flexibility index (Phi) is 5.83. The lowest BCUT2D eigenvalue weighted by atomic mass is 9.86. The maximum absolute atomic E-state index is 12.8. The van der Waals surface area contributed by atoms with E-state index in [0.717, 1.165) is 46.6 Å². The number of aromatic nitrogens is 1. The van der Waals surface area contributed by atoms with E-state index in [1.54, 1.807) is 0 Å². The number of rotatable bonds is 6. The van der Waals surface area contributed by atoms with Crippen LogP contribution >= 0.6 is 22.7 Å². The number of thiophene rings is 1. The number of nitro groups is 1. The first-order valence-corrected chi connectivity index (χ1v) is 11.7. The Bertz CT molecular complexity index is 1190. The van der Waals surface area contributed by atoms with E-state index in [1.165, 1.54) is 12.1 Å². The third-order valence-corrected chi connectivity index (χ3v) is 6.99. The topological polar surface area (TPSA) is 114 Å². The van der Waals surface area contributed by atoms with Crippen LogP contribution in [0.5, 0.6) is 0 Å². The summed E-state index contributed by atoms with van der Waals surface area (Å²) >= 11 is 1.88. The third-order valence-electron chi connectivity index (χ3n) is 4.99. The van der Waals surface area contributed by atoms with Crippen LogP contribution in [0.3, 0.4) is 0 Å². The summed E-state index contributed by atoms with van der Waals surface area (Å²) in [4.78, 5) is 40.9. The van der Waals surface area contributed by atoms with E-state index in [4.69, 9.17) is 0 Å². The van der Waals surface area contributed by atoms with Crippen LogP contribution in [-0.2, 0) is 5.41 Å². The highest BCUT2D eigenvalue weighted by Crippen LogP contribution is 2.34. The summed E-state index contributed by atoms with van der Waals surface area (Å²) in [5.74, 6) is -0.715. The van der Waals surface area contributed by atoms with Gasteiger partial charge in [-0.1, -0.05) is 67.7 Å². The molecule has 0 saturated heterocycles. The first-order valence-electron chi connectivity index (χ1n) is 10.1. The Balaban J connectivity index is 1.63. The first-order chi connectivity index (χ1) is 15.1. The van der Waals surface area contributed by atoms with Crippen LogP contribution in [0.25, 0.3) is 11.3 Å². The van der Waals surface area contributed by atoms with Gasteiger partial charge < -0.3 is 5.32 Å². The monoisotopic (exact) mass is 470 g/mol. The Morgan fingerprint density at radius 2 is 1.75 bits per heavy atom. The van der Waals surface area contributed by atoms with E-state index < -0.39 is 10.8 Å². The fourth-order valence-electron chi connectivity index (χ4n) is 3.04. The largest absolute Gasteiger partial charge is 0.349 e. The minimum Gasteiger partial charge on any atom is -0.349 e. The molecule has 1 saturated carbocycles. The molecule has 2 amide bonds. The van der Waals surface area contributed by atoms with Crippen molar-refractivity contribution in [2.45, 2.75) is 45.1 Å². The lowest BCUT2D eigenvalue weighted by Crippen LogP contribution is -2.25. The second-order valence-electron chi connectivity index (χ2n) is 8.62. The number of benzene rings is 1. The van der Waals surface area contributed by atoms with Crippen LogP contribution in [0.1, 0.15) is 58.5 Å². The molecule has 0 spiro atoms. The molecule has 8 nitrogen and oxygen atoms in total. The number of carbonyl (C=O) groups excluding carboxylic acids is 2. The van der Waals surface area contributed by atoms with E-state index in [0.29, 0.717) is 10.6 Å². The summed E-state index contributed by atoms with van der Waals surface area (Å²) < 4.78 is 0. The van der Waals surface area contributed by atoms with Crippen molar-refractivity contribution < 1.29 is 14.5 Å². The van der Waals surface area contributed by atoms with Crippen LogP contribution in [0.4, 0.5) is 10.1 Å². The highest BCUT2D eigenvalue weighted by molar-refractivity contribution is 7.19. The molecule has 1 aliphatic rings. The molecule has 10 heteroatoms. The SMILES string of the molecule is CC(C)(C)c1ccc(-c2nc(NC(=O)c3ccc([N+](=O)[O-])s3)sc2C(=O)NC2CC2)cc1. The van der Waals surface area contributed by atoms with E-state index in [2.05, 4.69) is 36.4 Å². The zero-order chi connectivity index (χ0) is 23.0. The summed E-state index contributed by atoms with van der Waals surface area (Å²) in [6, 6.07) is 10.8. The molecular weight excluding hydrogens is 448 g/mol. The Morgan fingerprint density at radius 3 is 2.31 bits per heavy atom. The molecule has 0 unspecified atom stereocenters. The highest BCUT2D eigenvalue weighted by atomic mass is 32.1. The zero-order valence-corrected chi connectivity index (χ0v) is 19.4. The Hall–Kier alpha value is -3.11. The first kappa shape index (κ1) is 22.1. The minimum atomic E-state index is -0.537. The highest BCUT2D eigenvalue weighted by Gasteiger charge is 2.28. The minimum absolute atomic E-state index is 0.00473. The predicted molar refractivity (Wildman–Crippen MR) is 126 cm³/mol. The summed E-state index contributed by atoms with van der Waals surface area (Å²) in [6.07, 6.45) is 1.92. The van der Waals surface area contributed by atoms with Gasteiger partial charge in [0.15, 0.2) is 5.13 Å². The normalized spacial score (nSPS) is 13.6. The smallest absolute Gasteiger partial charge is 0.324 e. The molecule has 2 aromatic heterocycles. The van der Waals surface area contributed by atoms with Gasteiger partial charge in [-0.05, 0) is 29.9 Å². The molecule has 0 bridgehead atoms. The number of nitrogens with zero attached hydrogens (tertiary/aromatic N) is 2. The van der Waals surface area contributed by atoms with Gasteiger partial charge in [-0.25, -0.2) is 4.98 Å². The molecule has 3 aromatic rings. The Labute approximate surface area is 192 Å². The van der Waals surface area contributed by atoms with E-state index >= 15 is 0 Å². The predicted octanol–water partition coefficient (Wildman–Crippen LogP) is 5.22. The standard InChI is InChI=1S/C22H22N4O4S2/c1-22(2,3)13-6-4-12(5-7-13)17-18(20(28)23-14-8-9-14)32-21(24-17)25-19(27)15-10-11-16(31-15)26(29)30/h4-7,10-11,14H,8-9H2,1-3H3,(H,23,28)(H,24,25,27). The number of nitrogens with one attached hydrogen (secondary N) is 2. The molecule has 0 aliphatic heterocycles. The number of carbonyl (C=O) groups is 2. The van der Waals surface area contributed by atoms with Gasteiger partial charge in [-0.15, -0.1) is 0 Å². The van der Waals surface area contributed by atoms with Gasteiger partial charge in [0, 0.05) is 17.7 Å². The van der Waals surface area contributed by atoms with Gasteiger partial charge >= 0.3 is 5.00 Å². The quantitative estimate of drug-likeness (QED) is 0.379. The van der Waals surface area contributed by atoms with Gasteiger partial charge in [-0.3, -0.25) is 25.0 Å². The number of amides is 2. The lowest BCUT2D eigenvalue weighted by Gasteiger charge is -2.19. The van der Waals surface area contributed by atoms with Crippen LogP contribution < -0.4 is 10.6 Å².